The van der Waals surface area contributed by atoms with E-state index in [0.717, 1.165) is 0 Å². The number of hydrogen-bond donors (Lipinski definition) is 0. The highest BCUT2D eigenvalue weighted by molar-refractivity contribution is 14.1. The second kappa shape index (κ2) is 3.58. The van der Waals surface area contributed by atoms with E-state index in [1.54, 1.807) is 0 Å². The van der Waals surface area contributed by atoms with Crippen LogP contribution in [-0.4, -0.2) is 0 Å². The van der Waals surface area contributed by atoms with Gasteiger partial charge < -0.3 is 0 Å². The minimum Gasteiger partial charge on any atom is -0.0614 e. The van der Waals surface area contributed by atoms with Gasteiger partial charge in [-0.25, -0.2) is 0 Å². The zero-order chi connectivity index (χ0) is 12.2. The Bertz CT molecular complexity index is 555. The van der Waals surface area contributed by atoms with Gasteiger partial charge in [0.25, 0.3) is 0 Å². The van der Waals surface area contributed by atoms with Crippen LogP contribution in [0.4, 0.5) is 0 Å². The van der Waals surface area contributed by atoms with Gasteiger partial charge in [0.05, 0.1) is 0 Å². The largest absolute Gasteiger partial charge is 0.0614 e. The second-order valence-electron chi connectivity index (χ2n) is 5.28. The molecule has 17 heavy (non-hydrogen) atoms. The summed E-state index contributed by atoms with van der Waals surface area (Å²) in [5, 5.41) is 0. The van der Waals surface area contributed by atoms with Crippen molar-refractivity contribution in [2.75, 3.05) is 0 Å². The fraction of sp³-hybridized carbons (Fsp3) is 0.250. The summed E-state index contributed by atoms with van der Waals surface area (Å²) in [7, 11) is 0. The van der Waals surface area contributed by atoms with Gasteiger partial charge in [-0.1, -0.05) is 44.2 Å². The Morgan fingerprint density at radius 1 is 0.882 bits per heavy atom. The number of fused-ring (bicyclic) bond motifs is 3. The van der Waals surface area contributed by atoms with Crippen LogP contribution in [0.5, 0.6) is 0 Å². The Labute approximate surface area is 116 Å². The Morgan fingerprint density at radius 2 is 1.47 bits per heavy atom. The quantitative estimate of drug-likeness (QED) is 0.601. The Morgan fingerprint density at radius 3 is 2.18 bits per heavy atom. The third-order valence-corrected chi connectivity index (χ3v) is 4.73. The first-order valence-corrected chi connectivity index (χ1v) is 7.01. The van der Waals surface area contributed by atoms with Gasteiger partial charge in [-0.15, -0.1) is 0 Å². The molecule has 0 radical (unpaired) electrons. The van der Waals surface area contributed by atoms with E-state index in [2.05, 4.69) is 79.8 Å². The molecule has 86 valence electrons. The number of rotatable bonds is 0. The van der Waals surface area contributed by atoms with E-state index >= 15 is 0 Å². The van der Waals surface area contributed by atoms with Crippen LogP contribution in [0.25, 0.3) is 11.1 Å². The normalized spacial score (nSPS) is 15.5. The Kier molecular flexibility index (Phi) is 2.37. The third-order valence-electron chi connectivity index (χ3n) is 3.83. The highest BCUT2D eigenvalue weighted by Gasteiger charge is 2.37. The summed E-state index contributed by atoms with van der Waals surface area (Å²) < 4.78 is 1.38. The molecule has 2 aromatic carbocycles. The molecule has 1 aliphatic rings. The Hall–Kier alpha value is -0.830. The molecule has 0 atom stereocenters. The molecule has 0 amide bonds. The number of benzene rings is 2. The molecular formula is C16H15I. The molecule has 1 aliphatic carbocycles. The average Bonchev–Trinajstić information content (AvgIpc) is 2.50. The second-order valence-corrected chi connectivity index (χ2v) is 6.45. The fourth-order valence-corrected chi connectivity index (χ4v) is 4.40. The van der Waals surface area contributed by atoms with Gasteiger partial charge in [0.1, 0.15) is 0 Å². The molecule has 0 fully saturated rings. The third kappa shape index (κ3) is 1.41. The highest BCUT2D eigenvalue weighted by atomic mass is 127. The van der Waals surface area contributed by atoms with Crippen molar-refractivity contribution in [3.63, 3.8) is 0 Å². The Balaban J connectivity index is 2.46. The summed E-state index contributed by atoms with van der Waals surface area (Å²) in [6.07, 6.45) is 0. The van der Waals surface area contributed by atoms with E-state index < -0.39 is 0 Å². The zero-order valence-electron chi connectivity index (χ0n) is 10.3. The van der Waals surface area contributed by atoms with E-state index in [1.807, 2.05) is 0 Å². The van der Waals surface area contributed by atoms with Crippen LogP contribution in [0.2, 0.25) is 0 Å². The van der Waals surface area contributed by atoms with Crippen molar-refractivity contribution in [2.45, 2.75) is 26.2 Å². The van der Waals surface area contributed by atoms with Crippen molar-refractivity contribution in [1.82, 2.24) is 0 Å². The van der Waals surface area contributed by atoms with Crippen molar-refractivity contribution in [1.29, 1.82) is 0 Å². The van der Waals surface area contributed by atoms with E-state index in [0.29, 0.717) is 0 Å². The molecular weight excluding hydrogens is 319 g/mol. The van der Waals surface area contributed by atoms with E-state index in [-0.39, 0.29) is 5.41 Å². The number of halogens is 1. The molecule has 0 aliphatic heterocycles. The maximum Gasteiger partial charge on any atom is 0.0177 e. The lowest BCUT2D eigenvalue weighted by atomic mass is 9.80. The van der Waals surface area contributed by atoms with Crippen molar-refractivity contribution in [2.24, 2.45) is 0 Å². The van der Waals surface area contributed by atoms with Crippen LogP contribution < -0.4 is 0 Å². The highest BCUT2D eigenvalue weighted by Crippen LogP contribution is 2.51. The summed E-state index contributed by atoms with van der Waals surface area (Å²) >= 11 is 2.46. The molecule has 0 bridgehead atoms. The topological polar surface area (TPSA) is 0 Å². The van der Waals surface area contributed by atoms with Crippen LogP contribution in [0.3, 0.4) is 0 Å². The fourth-order valence-electron chi connectivity index (χ4n) is 3.23. The van der Waals surface area contributed by atoms with Crippen molar-refractivity contribution in [3.8, 4) is 11.1 Å². The van der Waals surface area contributed by atoms with Gasteiger partial charge in [0.2, 0.25) is 0 Å². The minimum atomic E-state index is 0.133. The SMILES string of the molecule is Cc1cccc2c1C(C)(C)c1c(I)cccc1-2. The molecule has 0 heterocycles. The van der Waals surface area contributed by atoms with E-state index in [9.17, 15) is 0 Å². The lowest BCUT2D eigenvalue weighted by Crippen LogP contribution is -2.17. The molecule has 2 aromatic rings. The molecule has 0 unspecified atom stereocenters. The summed E-state index contributed by atoms with van der Waals surface area (Å²) in [5.41, 5.74) is 7.36. The predicted octanol–water partition coefficient (Wildman–Crippen LogP) is 4.91. The molecule has 1 heteroatoms. The number of hydrogen-bond acceptors (Lipinski definition) is 0. The monoisotopic (exact) mass is 334 g/mol. The van der Waals surface area contributed by atoms with Crippen LogP contribution in [0.15, 0.2) is 36.4 Å². The maximum atomic E-state index is 2.46. The van der Waals surface area contributed by atoms with E-state index in [1.165, 1.54) is 31.4 Å². The molecule has 0 spiro atoms. The van der Waals surface area contributed by atoms with Gasteiger partial charge in [-0.3, -0.25) is 0 Å². The van der Waals surface area contributed by atoms with Crippen LogP contribution >= 0.6 is 22.6 Å². The first-order valence-electron chi connectivity index (χ1n) is 5.93. The smallest absolute Gasteiger partial charge is 0.0177 e. The first-order chi connectivity index (χ1) is 8.03. The van der Waals surface area contributed by atoms with Crippen molar-refractivity contribution >= 4 is 22.6 Å². The summed E-state index contributed by atoms with van der Waals surface area (Å²) in [6.45, 7) is 6.90. The molecule has 0 aromatic heterocycles. The first kappa shape index (κ1) is 11.3. The van der Waals surface area contributed by atoms with Crippen molar-refractivity contribution < 1.29 is 0 Å². The van der Waals surface area contributed by atoms with Crippen molar-refractivity contribution in [3.05, 3.63) is 56.7 Å². The maximum absolute atomic E-state index is 2.46. The zero-order valence-corrected chi connectivity index (χ0v) is 12.5. The van der Waals surface area contributed by atoms with Gasteiger partial charge >= 0.3 is 0 Å². The molecule has 0 N–H and O–H groups in total. The van der Waals surface area contributed by atoms with E-state index in [4.69, 9.17) is 0 Å². The average molecular weight is 334 g/mol. The lowest BCUT2D eigenvalue weighted by molar-refractivity contribution is 0.652. The molecule has 0 nitrogen and oxygen atoms in total. The summed E-state index contributed by atoms with van der Waals surface area (Å²) in [4.78, 5) is 0. The number of aryl methyl sites for hydroxylation is 1. The molecule has 0 saturated carbocycles. The molecule has 0 saturated heterocycles. The van der Waals surface area contributed by atoms with Crippen LogP contribution in [0.1, 0.15) is 30.5 Å². The van der Waals surface area contributed by atoms with Gasteiger partial charge in [0, 0.05) is 8.99 Å². The standard InChI is InChI=1S/C16H15I/c1-10-6-4-7-11-12-8-5-9-13(17)15(12)16(2,3)14(10)11/h4-9H,1-3H3. The van der Waals surface area contributed by atoms with Gasteiger partial charge in [-0.2, -0.15) is 0 Å². The van der Waals surface area contributed by atoms with Crippen LogP contribution in [0, 0.1) is 10.5 Å². The van der Waals surface area contributed by atoms with Gasteiger partial charge in [0.15, 0.2) is 0 Å². The lowest BCUT2D eigenvalue weighted by Gasteiger charge is -2.24. The summed E-state index contributed by atoms with van der Waals surface area (Å²) in [6, 6.07) is 13.3. The van der Waals surface area contributed by atoms with Gasteiger partial charge in [-0.05, 0) is 63.4 Å². The minimum absolute atomic E-state index is 0.133. The summed E-state index contributed by atoms with van der Waals surface area (Å²) in [5.74, 6) is 0. The van der Waals surface area contributed by atoms with Crippen LogP contribution in [-0.2, 0) is 5.41 Å². The molecule has 3 rings (SSSR count). The predicted molar refractivity (Wildman–Crippen MR) is 81.5 cm³/mol.